The molecule has 4 rings (SSSR count). The van der Waals surface area contributed by atoms with Gasteiger partial charge in [0.25, 0.3) is 5.56 Å². The summed E-state index contributed by atoms with van der Waals surface area (Å²) in [5.41, 5.74) is 1.98. The third-order valence-corrected chi connectivity index (χ3v) is 5.83. The molecule has 1 aromatic carbocycles. The fraction of sp³-hybridized carbons (Fsp3) is 0.375. The van der Waals surface area contributed by atoms with Crippen molar-refractivity contribution in [1.29, 1.82) is 0 Å². The predicted molar refractivity (Wildman–Crippen MR) is 120 cm³/mol. The first-order valence-electron chi connectivity index (χ1n) is 10.9. The van der Waals surface area contributed by atoms with E-state index in [2.05, 4.69) is 10.3 Å². The van der Waals surface area contributed by atoms with E-state index in [9.17, 15) is 14.0 Å². The van der Waals surface area contributed by atoms with E-state index in [0.717, 1.165) is 23.8 Å². The molecule has 1 amide bonds. The molecule has 0 spiro atoms. The van der Waals surface area contributed by atoms with Crippen molar-refractivity contribution in [3.05, 3.63) is 76.1 Å². The lowest BCUT2D eigenvalue weighted by Crippen LogP contribution is -2.45. The number of amides is 1. The van der Waals surface area contributed by atoms with Gasteiger partial charge in [0.2, 0.25) is 0 Å². The van der Waals surface area contributed by atoms with Crippen LogP contribution in [0.15, 0.2) is 53.6 Å². The van der Waals surface area contributed by atoms with Gasteiger partial charge in [-0.05, 0) is 67.1 Å². The number of carbonyl (C=O) groups is 1. The number of benzene rings is 1. The molecule has 1 saturated heterocycles. The minimum absolute atomic E-state index is 0.142. The van der Waals surface area contributed by atoms with Crippen LogP contribution in [0.5, 0.6) is 0 Å². The van der Waals surface area contributed by atoms with E-state index in [1.807, 2.05) is 18.2 Å². The Bertz CT molecular complexity index is 1140. The van der Waals surface area contributed by atoms with Gasteiger partial charge in [0.15, 0.2) is 0 Å². The molecule has 0 unspecified atom stereocenters. The first-order valence-corrected chi connectivity index (χ1v) is 10.9. The van der Waals surface area contributed by atoms with Crippen molar-refractivity contribution in [2.24, 2.45) is 0 Å². The summed E-state index contributed by atoms with van der Waals surface area (Å²) < 4.78 is 20.6. The number of aromatic nitrogens is 2. The number of halogens is 1. The number of rotatable bonds is 6. The van der Waals surface area contributed by atoms with Crippen LogP contribution in [-0.2, 0) is 17.8 Å². The average molecular weight is 439 g/mol. The summed E-state index contributed by atoms with van der Waals surface area (Å²) in [6.07, 6.45) is 4.67. The van der Waals surface area contributed by atoms with Gasteiger partial charge in [-0.15, -0.1) is 0 Å². The van der Waals surface area contributed by atoms with Crippen LogP contribution in [0.1, 0.15) is 30.9 Å². The van der Waals surface area contributed by atoms with Crippen molar-refractivity contribution in [2.45, 2.75) is 38.9 Å². The normalized spacial score (nSPS) is 14.6. The molecule has 0 saturated carbocycles. The number of hydrogen-bond donors (Lipinski definition) is 1. The highest BCUT2D eigenvalue weighted by molar-refractivity contribution is 5.79. The Morgan fingerprint density at radius 3 is 2.66 bits per heavy atom. The molecule has 3 heterocycles. The van der Waals surface area contributed by atoms with Crippen LogP contribution in [-0.4, -0.2) is 46.3 Å². The Morgan fingerprint density at radius 2 is 1.94 bits per heavy atom. The van der Waals surface area contributed by atoms with Crippen molar-refractivity contribution in [3.8, 4) is 0 Å². The van der Waals surface area contributed by atoms with Crippen LogP contribution >= 0.6 is 0 Å². The summed E-state index contributed by atoms with van der Waals surface area (Å²) in [6.45, 7) is 4.17. The highest BCUT2D eigenvalue weighted by Gasteiger charge is 2.23. The summed E-state index contributed by atoms with van der Waals surface area (Å²) in [5, 5.41) is 4.28. The molecule has 32 heavy (non-hydrogen) atoms. The lowest BCUT2D eigenvalue weighted by Gasteiger charge is -2.31. The van der Waals surface area contributed by atoms with Crippen LogP contribution in [0.3, 0.4) is 0 Å². The standard InChI is InChI=1S/C24H27FN4O3/c1-2-32-24(31)28-11-7-21(8-12-28)27-15-19-13-18-3-4-20(25)14-22(18)29(23(19)30)16-17-5-9-26-10-6-17/h3-6,9-10,13-14,21,27H,2,7-8,11-12,15-16H2,1H3. The van der Waals surface area contributed by atoms with Crippen molar-refractivity contribution in [1.82, 2.24) is 19.8 Å². The second kappa shape index (κ2) is 9.91. The summed E-state index contributed by atoms with van der Waals surface area (Å²) in [4.78, 5) is 30.9. The molecule has 0 bridgehead atoms. The van der Waals surface area contributed by atoms with Gasteiger partial charge in [0, 0.05) is 43.6 Å². The molecular weight excluding hydrogens is 411 g/mol. The maximum atomic E-state index is 13.9. The topological polar surface area (TPSA) is 76.5 Å². The van der Waals surface area contributed by atoms with E-state index in [-0.39, 0.29) is 23.5 Å². The second-order valence-corrected chi connectivity index (χ2v) is 7.96. The summed E-state index contributed by atoms with van der Waals surface area (Å²) in [6, 6.07) is 10.2. The molecule has 168 valence electrons. The fourth-order valence-corrected chi connectivity index (χ4v) is 4.09. The van der Waals surface area contributed by atoms with E-state index < -0.39 is 0 Å². The van der Waals surface area contributed by atoms with Gasteiger partial charge in [-0.25, -0.2) is 9.18 Å². The molecule has 8 heteroatoms. The van der Waals surface area contributed by atoms with Gasteiger partial charge >= 0.3 is 6.09 Å². The minimum Gasteiger partial charge on any atom is -0.450 e. The SMILES string of the molecule is CCOC(=O)N1CCC(NCc2cc3ccc(F)cc3n(Cc3ccncc3)c2=O)CC1. The molecule has 2 aromatic heterocycles. The van der Waals surface area contributed by atoms with Crippen molar-refractivity contribution < 1.29 is 13.9 Å². The van der Waals surface area contributed by atoms with Crippen LogP contribution in [0.25, 0.3) is 10.9 Å². The van der Waals surface area contributed by atoms with Crippen molar-refractivity contribution in [2.75, 3.05) is 19.7 Å². The van der Waals surface area contributed by atoms with Gasteiger partial charge < -0.3 is 19.5 Å². The van der Waals surface area contributed by atoms with Crippen molar-refractivity contribution in [3.63, 3.8) is 0 Å². The zero-order chi connectivity index (χ0) is 22.5. The number of likely N-dealkylation sites (tertiary alicyclic amines) is 1. The third kappa shape index (κ3) is 4.96. The number of fused-ring (bicyclic) bond motifs is 1. The van der Waals surface area contributed by atoms with Gasteiger partial charge in [0.05, 0.1) is 18.7 Å². The van der Waals surface area contributed by atoms with Gasteiger partial charge in [0.1, 0.15) is 5.82 Å². The van der Waals surface area contributed by atoms with Gasteiger partial charge in [-0.2, -0.15) is 0 Å². The van der Waals surface area contributed by atoms with E-state index in [4.69, 9.17) is 4.74 Å². The molecule has 1 N–H and O–H groups in total. The summed E-state index contributed by atoms with van der Waals surface area (Å²) in [5.74, 6) is -0.375. The van der Waals surface area contributed by atoms with Crippen molar-refractivity contribution >= 4 is 17.0 Å². The zero-order valence-corrected chi connectivity index (χ0v) is 18.1. The lowest BCUT2D eigenvalue weighted by molar-refractivity contribution is 0.0950. The van der Waals surface area contributed by atoms with Gasteiger partial charge in [-0.3, -0.25) is 9.78 Å². The van der Waals surface area contributed by atoms with E-state index in [1.54, 1.807) is 34.9 Å². The number of pyridine rings is 2. The molecular formula is C24H27FN4O3. The summed E-state index contributed by atoms with van der Waals surface area (Å²) in [7, 11) is 0. The predicted octanol–water partition coefficient (Wildman–Crippen LogP) is 3.29. The number of piperidine rings is 1. The summed E-state index contributed by atoms with van der Waals surface area (Å²) >= 11 is 0. The Kier molecular flexibility index (Phi) is 6.80. The number of ether oxygens (including phenoxy) is 1. The molecule has 1 aliphatic rings. The molecule has 0 aliphatic carbocycles. The van der Waals surface area contributed by atoms with Crippen LogP contribution in [0, 0.1) is 5.82 Å². The third-order valence-electron chi connectivity index (χ3n) is 5.83. The maximum Gasteiger partial charge on any atom is 0.409 e. The molecule has 1 aliphatic heterocycles. The lowest BCUT2D eigenvalue weighted by atomic mass is 10.0. The number of carbonyl (C=O) groups excluding carboxylic acids is 1. The van der Waals surface area contributed by atoms with Crippen LogP contribution in [0.4, 0.5) is 9.18 Å². The van der Waals surface area contributed by atoms with E-state index in [1.165, 1.54) is 12.1 Å². The molecule has 0 atom stereocenters. The van der Waals surface area contributed by atoms with E-state index in [0.29, 0.717) is 43.9 Å². The number of nitrogens with one attached hydrogen (secondary N) is 1. The number of nitrogens with zero attached hydrogens (tertiary/aromatic N) is 3. The maximum absolute atomic E-state index is 13.9. The smallest absolute Gasteiger partial charge is 0.409 e. The Morgan fingerprint density at radius 1 is 1.19 bits per heavy atom. The van der Waals surface area contributed by atoms with Crippen LogP contribution in [0.2, 0.25) is 0 Å². The zero-order valence-electron chi connectivity index (χ0n) is 18.1. The quantitative estimate of drug-likeness (QED) is 0.639. The molecule has 3 aromatic rings. The Balaban J connectivity index is 1.52. The average Bonchev–Trinajstić information content (AvgIpc) is 2.81. The first-order chi connectivity index (χ1) is 15.5. The monoisotopic (exact) mass is 438 g/mol. The van der Waals surface area contributed by atoms with Gasteiger partial charge in [-0.1, -0.05) is 0 Å². The fourth-order valence-electron chi connectivity index (χ4n) is 4.09. The number of hydrogen-bond acceptors (Lipinski definition) is 5. The van der Waals surface area contributed by atoms with E-state index >= 15 is 0 Å². The Hall–Kier alpha value is -3.26. The highest BCUT2D eigenvalue weighted by atomic mass is 19.1. The highest BCUT2D eigenvalue weighted by Crippen LogP contribution is 2.18. The molecule has 7 nitrogen and oxygen atoms in total. The first kappa shape index (κ1) is 22.0. The molecule has 0 radical (unpaired) electrons. The van der Waals surface area contributed by atoms with Crippen LogP contribution < -0.4 is 10.9 Å². The second-order valence-electron chi connectivity index (χ2n) is 7.96. The molecule has 1 fully saturated rings. The largest absolute Gasteiger partial charge is 0.450 e. The Labute approximate surface area is 185 Å². The minimum atomic E-state index is -0.375.